The van der Waals surface area contributed by atoms with E-state index in [1.807, 2.05) is 6.07 Å². The Hall–Kier alpha value is -1.92. The smallest absolute Gasteiger partial charge is 0.230 e. The zero-order valence-electron chi connectivity index (χ0n) is 14.0. The van der Waals surface area contributed by atoms with Crippen molar-refractivity contribution in [2.75, 3.05) is 13.1 Å². The predicted octanol–water partition coefficient (Wildman–Crippen LogP) is 3.56. The van der Waals surface area contributed by atoms with Crippen molar-refractivity contribution >= 4 is 16.3 Å². The minimum absolute atomic E-state index is 0.0462. The first-order chi connectivity index (χ1) is 11.6. The zero-order chi connectivity index (χ0) is 16.7. The molecule has 0 unspecified atom stereocenters. The van der Waals surface area contributed by atoms with Crippen LogP contribution in [0.5, 0.6) is 5.88 Å². The molecule has 1 saturated heterocycles. The van der Waals surface area contributed by atoms with E-state index < -0.39 is 0 Å². The molecule has 126 valence electrons. The number of nitrogens with zero attached hydrogens (tertiary/aromatic N) is 4. The van der Waals surface area contributed by atoms with Gasteiger partial charge in [-0.3, -0.25) is 4.90 Å². The maximum absolute atomic E-state index is 10.7. The number of thiazole rings is 1. The van der Waals surface area contributed by atoms with Gasteiger partial charge in [-0.2, -0.15) is 9.61 Å². The van der Waals surface area contributed by atoms with Crippen molar-refractivity contribution in [1.29, 1.82) is 0 Å². The van der Waals surface area contributed by atoms with Gasteiger partial charge in [0.25, 0.3) is 0 Å². The van der Waals surface area contributed by atoms with Gasteiger partial charge in [-0.15, -0.1) is 0 Å². The monoisotopic (exact) mass is 342 g/mol. The zero-order valence-corrected chi connectivity index (χ0v) is 14.8. The fourth-order valence-corrected chi connectivity index (χ4v) is 5.05. The second-order valence-electron chi connectivity index (χ2n) is 6.96. The van der Waals surface area contributed by atoms with Crippen LogP contribution in [0.15, 0.2) is 36.7 Å². The van der Waals surface area contributed by atoms with Gasteiger partial charge in [0.2, 0.25) is 10.8 Å². The van der Waals surface area contributed by atoms with Crippen LogP contribution in [0.2, 0.25) is 0 Å². The Balaban J connectivity index is 1.81. The van der Waals surface area contributed by atoms with Gasteiger partial charge in [0, 0.05) is 13.1 Å². The predicted molar refractivity (Wildman–Crippen MR) is 95.3 cm³/mol. The molecule has 0 spiro atoms. The van der Waals surface area contributed by atoms with Crippen LogP contribution in [0.1, 0.15) is 36.8 Å². The molecule has 5 nitrogen and oxygen atoms in total. The van der Waals surface area contributed by atoms with E-state index in [0.717, 1.165) is 22.9 Å². The van der Waals surface area contributed by atoms with E-state index in [2.05, 4.69) is 53.1 Å². The van der Waals surface area contributed by atoms with Gasteiger partial charge in [-0.05, 0) is 23.8 Å². The summed E-state index contributed by atoms with van der Waals surface area (Å²) in [4.78, 5) is 8.41. The number of piperidine rings is 1. The fourth-order valence-electron chi connectivity index (χ4n) is 3.96. The number of hydrogen-bond acceptors (Lipinski definition) is 5. The van der Waals surface area contributed by atoms with Gasteiger partial charge in [0.05, 0.1) is 10.9 Å². The molecule has 1 aliphatic heterocycles. The lowest BCUT2D eigenvalue weighted by atomic mass is 9.89. The Bertz CT molecular complexity index is 818. The summed E-state index contributed by atoms with van der Waals surface area (Å²) in [6.07, 6.45) is 2.75. The quantitative estimate of drug-likeness (QED) is 0.791. The molecule has 0 radical (unpaired) electrons. The molecule has 1 N–H and O–H groups in total. The normalized spacial score (nSPS) is 23.6. The summed E-state index contributed by atoms with van der Waals surface area (Å²) < 4.78 is 1.53. The highest BCUT2D eigenvalue weighted by Gasteiger charge is 2.33. The molecule has 0 aliphatic carbocycles. The number of aromatic nitrogens is 3. The molecule has 2 aromatic heterocycles. The van der Waals surface area contributed by atoms with Gasteiger partial charge in [-0.1, -0.05) is 55.5 Å². The van der Waals surface area contributed by atoms with E-state index >= 15 is 0 Å². The molecule has 1 aliphatic rings. The minimum Gasteiger partial charge on any atom is -0.492 e. The summed E-state index contributed by atoms with van der Waals surface area (Å²) in [5, 5.41) is 14.9. The average Bonchev–Trinajstić information content (AvgIpc) is 3.12. The Morgan fingerprint density at radius 1 is 1.17 bits per heavy atom. The largest absolute Gasteiger partial charge is 0.492 e. The molecule has 0 bridgehead atoms. The summed E-state index contributed by atoms with van der Waals surface area (Å²) in [6, 6.07) is 10.5. The Morgan fingerprint density at radius 2 is 1.88 bits per heavy atom. The van der Waals surface area contributed by atoms with Gasteiger partial charge >= 0.3 is 0 Å². The van der Waals surface area contributed by atoms with E-state index in [1.54, 1.807) is 0 Å². The lowest BCUT2D eigenvalue weighted by molar-refractivity contribution is 0.112. The minimum atomic E-state index is 0.0462. The topological polar surface area (TPSA) is 53.7 Å². The highest BCUT2D eigenvalue weighted by molar-refractivity contribution is 7.17. The van der Waals surface area contributed by atoms with Gasteiger partial charge in [-0.25, -0.2) is 4.98 Å². The third kappa shape index (κ3) is 2.70. The summed E-state index contributed by atoms with van der Waals surface area (Å²) in [5.74, 6) is 1.53. The molecule has 4 rings (SSSR count). The maximum Gasteiger partial charge on any atom is 0.230 e. The fraction of sp³-hybridized carbons (Fsp3) is 0.444. The van der Waals surface area contributed by atoms with Crippen LogP contribution in [-0.4, -0.2) is 37.7 Å². The third-order valence-electron chi connectivity index (χ3n) is 4.76. The van der Waals surface area contributed by atoms with Crippen LogP contribution in [-0.2, 0) is 0 Å². The molecule has 1 fully saturated rings. The number of aromatic hydroxyl groups is 1. The molecule has 3 heterocycles. The molecule has 6 heteroatoms. The van der Waals surface area contributed by atoms with Crippen molar-refractivity contribution < 1.29 is 5.11 Å². The van der Waals surface area contributed by atoms with Crippen LogP contribution < -0.4 is 0 Å². The lowest BCUT2D eigenvalue weighted by Crippen LogP contribution is -2.41. The second-order valence-corrected chi connectivity index (χ2v) is 7.97. The molecular weight excluding hydrogens is 320 g/mol. The Labute approximate surface area is 145 Å². The first-order valence-corrected chi connectivity index (χ1v) is 9.25. The molecule has 3 aromatic rings. The van der Waals surface area contributed by atoms with Crippen LogP contribution in [0.25, 0.3) is 4.96 Å². The van der Waals surface area contributed by atoms with E-state index in [-0.39, 0.29) is 11.9 Å². The van der Waals surface area contributed by atoms with Gasteiger partial charge in [0.15, 0.2) is 0 Å². The van der Waals surface area contributed by atoms with Gasteiger partial charge < -0.3 is 5.11 Å². The van der Waals surface area contributed by atoms with E-state index in [0.29, 0.717) is 11.8 Å². The maximum atomic E-state index is 10.7. The van der Waals surface area contributed by atoms with E-state index in [1.165, 1.54) is 34.2 Å². The first kappa shape index (κ1) is 15.6. The third-order valence-corrected chi connectivity index (χ3v) is 5.85. The number of benzene rings is 1. The number of rotatable bonds is 3. The summed E-state index contributed by atoms with van der Waals surface area (Å²) in [6.45, 7) is 6.70. The lowest BCUT2D eigenvalue weighted by Gasteiger charge is -2.40. The second kappa shape index (κ2) is 6.18. The van der Waals surface area contributed by atoms with Crippen molar-refractivity contribution in [3.8, 4) is 5.88 Å². The summed E-state index contributed by atoms with van der Waals surface area (Å²) in [7, 11) is 0. The van der Waals surface area contributed by atoms with Crippen molar-refractivity contribution in [2.24, 2.45) is 11.8 Å². The molecular formula is C18H22N4OS. The van der Waals surface area contributed by atoms with Crippen molar-refractivity contribution in [2.45, 2.75) is 26.3 Å². The molecule has 0 amide bonds. The highest BCUT2D eigenvalue weighted by Crippen LogP contribution is 2.41. The number of likely N-dealkylation sites (tertiary alicyclic amines) is 1. The van der Waals surface area contributed by atoms with Crippen LogP contribution in [0.4, 0.5) is 0 Å². The number of fused-ring (bicyclic) bond motifs is 1. The number of hydrogen-bond donors (Lipinski definition) is 1. The SMILES string of the molecule is C[C@@H]1C[C@@H](C)CN([C@H](c2ccccc2)c2sc3ncnn3c2O)C1. The summed E-state index contributed by atoms with van der Waals surface area (Å²) in [5.41, 5.74) is 1.21. The van der Waals surface area contributed by atoms with E-state index in [9.17, 15) is 5.11 Å². The molecule has 0 saturated carbocycles. The Kier molecular flexibility index (Phi) is 4.02. The van der Waals surface area contributed by atoms with Crippen LogP contribution >= 0.6 is 11.3 Å². The molecule has 24 heavy (non-hydrogen) atoms. The van der Waals surface area contributed by atoms with Crippen molar-refractivity contribution in [1.82, 2.24) is 19.5 Å². The molecule has 1 aromatic carbocycles. The first-order valence-electron chi connectivity index (χ1n) is 8.44. The molecule has 3 atom stereocenters. The Morgan fingerprint density at radius 3 is 2.54 bits per heavy atom. The summed E-state index contributed by atoms with van der Waals surface area (Å²) >= 11 is 1.53. The van der Waals surface area contributed by atoms with Crippen molar-refractivity contribution in [3.63, 3.8) is 0 Å². The average molecular weight is 342 g/mol. The van der Waals surface area contributed by atoms with Crippen molar-refractivity contribution in [3.05, 3.63) is 47.1 Å². The van der Waals surface area contributed by atoms with E-state index in [4.69, 9.17) is 0 Å². The highest BCUT2D eigenvalue weighted by atomic mass is 32.1. The van der Waals surface area contributed by atoms with Gasteiger partial charge in [0.1, 0.15) is 6.33 Å². The van der Waals surface area contributed by atoms with Crippen LogP contribution in [0, 0.1) is 11.8 Å². The standard InChI is InChI=1S/C18H22N4OS/c1-12-8-13(2)10-21(9-12)15(14-6-4-3-5-7-14)16-17(23)22-18(24-16)19-11-20-22/h3-7,11-13,15,23H,8-10H2,1-2H3/t12-,13-,15-/m1/s1. The van der Waals surface area contributed by atoms with Crippen LogP contribution in [0.3, 0.4) is 0 Å².